The van der Waals surface area contributed by atoms with Crippen molar-refractivity contribution in [2.45, 2.75) is 7.97 Å². The normalized spacial score (nSPS) is 36.8. The van der Waals surface area contributed by atoms with E-state index in [1.165, 1.54) is 0 Å². The zero-order chi connectivity index (χ0) is 5.98. The lowest BCUT2D eigenvalue weighted by atomic mass is 10.4. The second kappa shape index (κ2) is 3.14. The van der Waals surface area contributed by atoms with Gasteiger partial charge in [0.1, 0.15) is 4.05 Å². The number of alkyl halides is 2. The highest BCUT2D eigenvalue weighted by atomic mass is 127. The van der Waals surface area contributed by atoms with Gasteiger partial charge in [0.2, 0.25) is 0 Å². The van der Waals surface area contributed by atoms with Gasteiger partial charge >= 0.3 is 0 Å². The van der Waals surface area contributed by atoms with Crippen molar-refractivity contribution < 1.29 is 0 Å². The first-order valence-electron chi connectivity index (χ1n) is 2.21. The molecule has 0 aromatic heterocycles. The standard InChI is InChI=1S/C3H5I2N3/c4-2-1-6-8-7-3(2)5/h2-3H,1H2,(H,6,7). The molecule has 0 fully saturated rings. The largest absolute Gasteiger partial charge is 0.278 e. The summed E-state index contributed by atoms with van der Waals surface area (Å²) in [6, 6.07) is 0. The zero-order valence-electron chi connectivity index (χ0n) is 4.01. The summed E-state index contributed by atoms with van der Waals surface area (Å²) in [5.74, 6) is 0. The number of nitrogens with one attached hydrogen (secondary N) is 1. The van der Waals surface area contributed by atoms with Crippen LogP contribution in [0, 0.1) is 0 Å². The summed E-state index contributed by atoms with van der Waals surface area (Å²) in [6.45, 7) is 0.848. The fourth-order valence-electron chi connectivity index (χ4n) is 0.388. The van der Waals surface area contributed by atoms with E-state index < -0.39 is 0 Å². The first-order valence-corrected chi connectivity index (χ1v) is 4.70. The third-order valence-electron chi connectivity index (χ3n) is 0.825. The van der Waals surface area contributed by atoms with Crippen molar-refractivity contribution in [3.05, 3.63) is 0 Å². The highest BCUT2D eigenvalue weighted by molar-refractivity contribution is 14.1. The molecule has 0 saturated carbocycles. The van der Waals surface area contributed by atoms with Gasteiger partial charge in [-0.05, 0) is 0 Å². The quantitative estimate of drug-likeness (QED) is 0.406. The Kier molecular flexibility index (Phi) is 2.73. The van der Waals surface area contributed by atoms with Gasteiger partial charge in [-0.25, -0.2) is 0 Å². The van der Waals surface area contributed by atoms with Crippen molar-refractivity contribution in [3.63, 3.8) is 0 Å². The van der Waals surface area contributed by atoms with Gasteiger partial charge < -0.3 is 0 Å². The Balaban J connectivity index is 2.44. The summed E-state index contributed by atoms with van der Waals surface area (Å²) in [5.41, 5.74) is 2.87. The molecule has 2 unspecified atom stereocenters. The predicted molar refractivity (Wildman–Crippen MR) is 48.5 cm³/mol. The topological polar surface area (TPSA) is 36.8 Å². The van der Waals surface area contributed by atoms with Crippen LogP contribution >= 0.6 is 45.2 Å². The Morgan fingerprint density at radius 2 is 2.25 bits per heavy atom. The second-order valence-corrected chi connectivity index (χ2v) is 4.41. The smallest absolute Gasteiger partial charge is 0.110 e. The van der Waals surface area contributed by atoms with Crippen molar-refractivity contribution >= 4 is 45.2 Å². The fraction of sp³-hybridized carbons (Fsp3) is 1.00. The van der Waals surface area contributed by atoms with E-state index in [-0.39, 0.29) is 0 Å². The minimum Gasteiger partial charge on any atom is -0.278 e. The predicted octanol–water partition coefficient (Wildman–Crippen LogP) is 1.52. The van der Waals surface area contributed by atoms with Crippen LogP contribution in [0.4, 0.5) is 0 Å². The minimum atomic E-state index is 0.450. The SMILES string of the molecule is IC1CN=NNC1I. The van der Waals surface area contributed by atoms with Crippen LogP contribution in [-0.2, 0) is 0 Å². The van der Waals surface area contributed by atoms with Crippen molar-refractivity contribution in [2.24, 2.45) is 10.3 Å². The first-order chi connectivity index (χ1) is 3.80. The van der Waals surface area contributed by atoms with Crippen LogP contribution in [0.15, 0.2) is 10.3 Å². The van der Waals surface area contributed by atoms with Gasteiger partial charge in [-0.1, -0.05) is 50.4 Å². The molecule has 1 rings (SSSR count). The molecule has 0 spiro atoms. The fourth-order valence-corrected chi connectivity index (χ4v) is 1.08. The van der Waals surface area contributed by atoms with Gasteiger partial charge in [0, 0.05) is 0 Å². The van der Waals surface area contributed by atoms with Crippen molar-refractivity contribution in [3.8, 4) is 0 Å². The van der Waals surface area contributed by atoms with Gasteiger partial charge in [0.15, 0.2) is 0 Å². The number of halogens is 2. The monoisotopic (exact) mass is 337 g/mol. The van der Waals surface area contributed by atoms with Gasteiger partial charge in [0.05, 0.1) is 10.5 Å². The molecule has 46 valence electrons. The molecule has 2 atom stereocenters. The molecule has 0 amide bonds. The molecule has 1 heterocycles. The molecular weight excluding hydrogens is 332 g/mol. The molecule has 5 heteroatoms. The molecule has 3 nitrogen and oxygen atoms in total. The van der Waals surface area contributed by atoms with E-state index in [1.54, 1.807) is 0 Å². The molecule has 8 heavy (non-hydrogen) atoms. The molecule has 1 aliphatic rings. The van der Waals surface area contributed by atoms with Gasteiger partial charge in [-0.15, -0.1) is 0 Å². The van der Waals surface area contributed by atoms with Crippen LogP contribution in [0.5, 0.6) is 0 Å². The lowest BCUT2D eigenvalue weighted by Gasteiger charge is -2.16. The lowest BCUT2D eigenvalue weighted by Crippen LogP contribution is -2.32. The third-order valence-corrected chi connectivity index (χ3v) is 4.46. The van der Waals surface area contributed by atoms with E-state index in [9.17, 15) is 0 Å². The van der Waals surface area contributed by atoms with E-state index in [0.29, 0.717) is 7.97 Å². The Bertz CT molecular complexity index is 92.7. The van der Waals surface area contributed by atoms with E-state index in [0.717, 1.165) is 6.54 Å². The van der Waals surface area contributed by atoms with Crippen LogP contribution < -0.4 is 5.43 Å². The van der Waals surface area contributed by atoms with Gasteiger partial charge in [-0.3, -0.25) is 5.43 Å². The number of rotatable bonds is 0. The van der Waals surface area contributed by atoms with Crippen LogP contribution in [-0.4, -0.2) is 14.5 Å². The molecule has 0 bridgehead atoms. The first kappa shape index (κ1) is 6.97. The summed E-state index contributed by atoms with van der Waals surface area (Å²) in [7, 11) is 0. The lowest BCUT2D eigenvalue weighted by molar-refractivity contribution is 0.583. The zero-order valence-corrected chi connectivity index (χ0v) is 8.33. The maximum atomic E-state index is 3.81. The van der Waals surface area contributed by atoms with E-state index in [4.69, 9.17) is 0 Å². The van der Waals surface area contributed by atoms with E-state index >= 15 is 0 Å². The summed E-state index contributed by atoms with van der Waals surface area (Å²) < 4.78 is 1.04. The van der Waals surface area contributed by atoms with Crippen LogP contribution in [0.25, 0.3) is 0 Å². The molecule has 1 N–H and O–H groups in total. The van der Waals surface area contributed by atoms with Gasteiger partial charge in [-0.2, -0.15) is 5.11 Å². The molecule has 0 aromatic rings. The highest BCUT2D eigenvalue weighted by Crippen LogP contribution is 2.15. The minimum absolute atomic E-state index is 0.450. The highest BCUT2D eigenvalue weighted by Gasteiger charge is 2.16. The Morgan fingerprint density at radius 3 is 2.62 bits per heavy atom. The third kappa shape index (κ3) is 1.67. The Labute approximate surface area is 75.0 Å². The van der Waals surface area contributed by atoms with Crippen LogP contribution in [0.1, 0.15) is 0 Å². The Morgan fingerprint density at radius 1 is 1.50 bits per heavy atom. The summed E-state index contributed by atoms with van der Waals surface area (Å²) in [6.07, 6.45) is 0. The van der Waals surface area contributed by atoms with Crippen LogP contribution in [0.3, 0.4) is 0 Å². The number of nitrogens with zero attached hydrogens (tertiary/aromatic N) is 2. The maximum absolute atomic E-state index is 3.81. The summed E-state index contributed by atoms with van der Waals surface area (Å²) in [5, 5.41) is 7.48. The van der Waals surface area contributed by atoms with Crippen molar-refractivity contribution in [2.75, 3.05) is 6.54 Å². The van der Waals surface area contributed by atoms with Crippen molar-refractivity contribution in [1.82, 2.24) is 5.43 Å². The molecule has 0 saturated heterocycles. The average molecular weight is 337 g/mol. The average Bonchev–Trinajstić information content (AvgIpc) is 1.77. The Hall–Kier alpha value is 0.860. The van der Waals surface area contributed by atoms with Crippen molar-refractivity contribution in [1.29, 1.82) is 0 Å². The van der Waals surface area contributed by atoms with Gasteiger partial charge in [0.25, 0.3) is 0 Å². The van der Waals surface area contributed by atoms with Crippen LogP contribution in [0.2, 0.25) is 0 Å². The molecule has 0 aliphatic carbocycles. The molecule has 0 aromatic carbocycles. The molecule has 1 aliphatic heterocycles. The molecular formula is C3H5I2N3. The maximum Gasteiger partial charge on any atom is 0.110 e. The summed E-state index contributed by atoms with van der Waals surface area (Å²) >= 11 is 4.67. The molecule has 0 radical (unpaired) electrons. The van der Waals surface area contributed by atoms with E-state index in [2.05, 4.69) is 60.9 Å². The van der Waals surface area contributed by atoms with E-state index in [1.807, 2.05) is 0 Å². The number of hydrogen-bond acceptors (Lipinski definition) is 3. The number of hydrogen-bond donors (Lipinski definition) is 1. The summed E-state index contributed by atoms with van der Waals surface area (Å²) in [4.78, 5) is 0. The second-order valence-electron chi connectivity index (χ2n) is 1.47.